The molecule has 0 fully saturated rings. The van der Waals surface area contributed by atoms with E-state index in [0.29, 0.717) is 12.2 Å². The average molecular weight is 345 g/mol. The Morgan fingerprint density at radius 1 is 0.885 bits per heavy atom. The number of ether oxygens (including phenoxy) is 2. The lowest BCUT2D eigenvalue weighted by Crippen LogP contribution is -2.07. The smallest absolute Gasteiger partial charge is 0.339 e. The van der Waals surface area contributed by atoms with E-state index in [0.717, 1.165) is 33.1 Å². The van der Waals surface area contributed by atoms with Gasteiger partial charge in [-0.05, 0) is 29.8 Å². The molecule has 0 aliphatic carbocycles. The molecule has 4 heteroatoms. The van der Waals surface area contributed by atoms with Crippen molar-refractivity contribution in [2.75, 3.05) is 14.2 Å². The molecule has 130 valence electrons. The van der Waals surface area contributed by atoms with Gasteiger partial charge >= 0.3 is 5.97 Å². The minimum absolute atomic E-state index is 0.348. The summed E-state index contributed by atoms with van der Waals surface area (Å²) in [5.41, 5.74) is 4.55. The maximum Gasteiger partial charge on any atom is 0.339 e. The van der Waals surface area contributed by atoms with Crippen LogP contribution < -0.4 is 0 Å². The summed E-state index contributed by atoms with van der Waals surface area (Å²) in [6.07, 6.45) is 0. The molecule has 3 aromatic carbocycles. The summed E-state index contributed by atoms with van der Waals surface area (Å²) in [4.78, 5) is 12.3. The molecule has 0 spiro atoms. The Morgan fingerprint density at radius 3 is 2.42 bits per heavy atom. The van der Waals surface area contributed by atoms with Gasteiger partial charge in [0.2, 0.25) is 0 Å². The van der Waals surface area contributed by atoms with Crippen LogP contribution in [-0.4, -0.2) is 24.8 Å². The van der Waals surface area contributed by atoms with Gasteiger partial charge in [0.25, 0.3) is 0 Å². The number of para-hydroxylation sites is 2. The topological polar surface area (TPSA) is 40.5 Å². The first-order chi connectivity index (χ1) is 12.8. The standard InChI is InChI=1S/C22H19NO3/c1-25-14-15-8-7-13-20-21(15)16-9-3-5-11-18(16)23(20)19-12-6-4-10-17(19)22(24)26-2/h3-13H,14H2,1-2H3. The van der Waals surface area contributed by atoms with Gasteiger partial charge in [0.15, 0.2) is 0 Å². The highest BCUT2D eigenvalue weighted by atomic mass is 16.5. The number of hydrogen-bond acceptors (Lipinski definition) is 3. The van der Waals surface area contributed by atoms with Gasteiger partial charge in [-0.15, -0.1) is 0 Å². The zero-order valence-corrected chi connectivity index (χ0v) is 14.7. The van der Waals surface area contributed by atoms with Crippen LogP contribution in [0.4, 0.5) is 0 Å². The van der Waals surface area contributed by atoms with Crippen LogP contribution in [0.25, 0.3) is 27.5 Å². The molecule has 4 nitrogen and oxygen atoms in total. The highest BCUT2D eigenvalue weighted by molar-refractivity contribution is 6.11. The molecule has 0 aliphatic heterocycles. The Hall–Kier alpha value is -3.11. The van der Waals surface area contributed by atoms with Crippen LogP contribution in [0.5, 0.6) is 0 Å². The van der Waals surface area contributed by atoms with E-state index in [1.165, 1.54) is 7.11 Å². The number of hydrogen-bond donors (Lipinski definition) is 0. The number of carbonyl (C=O) groups excluding carboxylic acids is 1. The molecular weight excluding hydrogens is 326 g/mol. The minimum Gasteiger partial charge on any atom is -0.465 e. The summed E-state index contributed by atoms with van der Waals surface area (Å²) in [6.45, 7) is 0.532. The lowest BCUT2D eigenvalue weighted by Gasteiger charge is -2.12. The second-order valence-electron chi connectivity index (χ2n) is 6.11. The van der Waals surface area contributed by atoms with Crippen molar-refractivity contribution in [3.63, 3.8) is 0 Å². The first kappa shape index (κ1) is 16.4. The molecule has 1 heterocycles. The van der Waals surface area contributed by atoms with Gasteiger partial charge in [-0.25, -0.2) is 4.79 Å². The number of nitrogens with zero attached hydrogens (tertiary/aromatic N) is 1. The summed E-state index contributed by atoms with van der Waals surface area (Å²) < 4.78 is 12.5. The molecule has 0 N–H and O–H groups in total. The Kier molecular flexibility index (Phi) is 4.19. The van der Waals surface area contributed by atoms with Crippen LogP contribution in [0.2, 0.25) is 0 Å². The third-order valence-electron chi connectivity index (χ3n) is 4.63. The van der Waals surface area contributed by atoms with Crippen molar-refractivity contribution in [2.24, 2.45) is 0 Å². The number of aromatic nitrogens is 1. The Morgan fingerprint density at radius 2 is 1.62 bits per heavy atom. The first-order valence-corrected chi connectivity index (χ1v) is 8.44. The highest BCUT2D eigenvalue weighted by Gasteiger charge is 2.19. The van der Waals surface area contributed by atoms with Crippen LogP contribution in [-0.2, 0) is 16.1 Å². The monoisotopic (exact) mass is 345 g/mol. The molecule has 0 unspecified atom stereocenters. The molecule has 26 heavy (non-hydrogen) atoms. The molecule has 0 atom stereocenters. The molecule has 1 aromatic heterocycles. The fourth-order valence-corrected chi connectivity index (χ4v) is 3.58. The van der Waals surface area contributed by atoms with E-state index >= 15 is 0 Å². The van der Waals surface area contributed by atoms with Gasteiger partial charge in [0, 0.05) is 17.9 Å². The third-order valence-corrected chi connectivity index (χ3v) is 4.63. The van der Waals surface area contributed by atoms with Gasteiger partial charge in [-0.1, -0.05) is 42.5 Å². The van der Waals surface area contributed by atoms with Crippen molar-refractivity contribution < 1.29 is 14.3 Å². The molecule has 0 amide bonds. The number of esters is 1. The van der Waals surface area contributed by atoms with Crippen LogP contribution in [0.1, 0.15) is 15.9 Å². The summed E-state index contributed by atoms with van der Waals surface area (Å²) >= 11 is 0. The Balaban J connectivity index is 2.14. The third kappa shape index (κ3) is 2.47. The molecule has 0 aliphatic rings. The van der Waals surface area contributed by atoms with Crippen molar-refractivity contribution in [1.29, 1.82) is 0 Å². The number of carbonyl (C=O) groups is 1. The van der Waals surface area contributed by atoms with Crippen molar-refractivity contribution >= 4 is 27.8 Å². The van der Waals surface area contributed by atoms with E-state index in [1.54, 1.807) is 13.2 Å². The summed E-state index contributed by atoms with van der Waals surface area (Å²) in [5, 5.41) is 2.28. The van der Waals surface area contributed by atoms with Gasteiger partial charge in [-0.2, -0.15) is 0 Å². The van der Waals surface area contributed by atoms with Crippen LogP contribution in [0.3, 0.4) is 0 Å². The van der Waals surface area contributed by atoms with Crippen LogP contribution >= 0.6 is 0 Å². The molecule has 0 saturated carbocycles. The highest BCUT2D eigenvalue weighted by Crippen LogP contribution is 2.35. The fraction of sp³-hybridized carbons (Fsp3) is 0.136. The summed E-state index contributed by atoms with van der Waals surface area (Å²) in [5.74, 6) is -0.348. The average Bonchev–Trinajstić information content (AvgIpc) is 3.03. The number of methoxy groups -OCH3 is 2. The predicted molar refractivity (Wildman–Crippen MR) is 103 cm³/mol. The van der Waals surface area contributed by atoms with E-state index in [4.69, 9.17) is 9.47 Å². The normalized spacial score (nSPS) is 11.2. The molecule has 0 radical (unpaired) electrons. The lowest BCUT2D eigenvalue weighted by molar-refractivity contribution is 0.0601. The molecule has 0 bridgehead atoms. The second-order valence-corrected chi connectivity index (χ2v) is 6.11. The zero-order chi connectivity index (χ0) is 18.1. The Labute approximate surface area is 151 Å². The van der Waals surface area contributed by atoms with Gasteiger partial charge in [-0.3, -0.25) is 0 Å². The lowest BCUT2D eigenvalue weighted by atomic mass is 10.1. The zero-order valence-electron chi connectivity index (χ0n) is 14.7. The van der Waals surface area contributed by atoms with Crippen molar-refractivity contribution in [2.45, 2.75) is 6.61 Å². The van der Waals surface area contributed by atoms with Crippen LogP contribution in [0, 0.1) is 0 Å². The summed E-state index contributed by atoms with van der Waals surface area (Å²) in [6, 6.07) is 21.9. The van der Waals surface area contributed by atoms with Crippen molar-refractivity contribution in [3.8, 4) is 5.69 Å². The van der Waals surface area contributed by atoms with Crippen molar-refractivity contribution in [1.82, 2.24) is 4.57 Å². The van der Waals surface area contributed by atoms with E-state index in [9.17, 15) is 4.79 Å². The second kappa shape index (κ2) is 6.65. The Bertz CT molecular complexity index is 1110. The van der Waals surface area contributed by atoms with E-state index < -0.39 is 0 Å². The van der Waals surface area contributed by atoms with Crippen LogP contribution in [0.15, 0.2) is 66.7 Å². The van der Waals surface area contributed by atoms with Gasteiger partial charge in [0.1, 0.15) is 0 Å². The number of fused-ring (bicyclic) bond motifs is 3. The fourth-order valence-electron chi connectivity index (χ4n) is 3.58. The predicted octanol–water partition coefficient (Wildman–Crippen LogP) is 4.72. The van der Waals surface area contributed by atoms with E-state index in [-0.39, 0.29) is 5.97 Å². The molecule has 4 aromatic rings. The number of rotatable bonds is 4. The van der Waals surface area contributed by atoms with E-state index in [2.05, 4.69) is 28.8 Å². The van der Waals surface area contributed by atoms with E-state index in [1.807, 2.05) is 36.4 Å². The maximum absolute atomic E-state index is 12.3. The maximum atomic E-state index is 12.3. The number of benzene rings is 3. The molecule has 4 rings (SSSR count). The minimum atomic E-state index is -0.348. The largest absolute Gasteiger partial charge is 0.465 e. The first-order valence-electron chi connectivity index (χ1n) is 8.44. The molecular formula is C22H19NO3. The summed E-state index contributed by atoms with van der Waals surface area (Å²) in [7, 11) is 3.10. The van der Waals surface area contributed by atoms with Crippen molar-refractivity contribution in [3.05, 3.63) is 77.9 Å². The SMILES string of the molecule is COCc1cccc2c1c1ccccc1n2-c1ccccc1C(=O)OC. The molecule has 0 saturated heterocycles. The quantitative estimate of drug-likeness (QED) is 0.503. The van der Waals surface area contributed by atoms with Gasteiger partial charge < -0.3 is 14.0 Å². The van der Waals surface area contributed by atoms with Gasteiger partial charge in [0.05, 0.1) is 36.0 Å².